The number of aliphatic hydroxyl groups is 1. The van der Waals surface area contributed by atoms with Gasteiger partial charge in [0.1, 0.15) is 6.29 Å². The average Bonchev–Trinajstić information content (AvgIpc) is 2.29. The molecule has 0 aromatic carbocycles. The average molecular weight is 216 g/mol. The molecule has 1 unspecified atom stereocenters. The van der Waals surface area contributed by atoms with Gasteiger partial charge in [-0.3, -0.25) is 0 Å². The number of aliphatic hydroxyl groups excluding tert-OH is 1. The van der Waals surface area contributed by atoms with Gasteiger partial charge in [0.05, 0.1) is 18.8 Å². The molecule has 15 heavy (non-hydrogen) atoms. The molecular weight excluding hydrogens is 192 g/mol. The van der Waals surface area contributed by atoms with Gasteiger partial charge in [0.25, 0.3) is 0 Å². The molecule has 1 N–H and O–H groups in total. The molecule has 90 valence electrons. The highest BCUT2D eigenvalue weighted by Crippen LogP contribution is 2.14. The minimum absolute atomic E-state index is 0.0914. The molecule has 0 bridgehead atoms. The van der Waals surface area contributed by atoms with Crippen LogP contribution in [0.3, 0.4) is 0 Å². The van der Waals surface area contributed by atoms with Crippen LogP contribution in [0.2, 0.25) is 0 Å². The third kappa shape index (κ3) is 6.63. The Labute approximate surface area is 92.8 Å². The summed E-state index contributed by atoms with van der Waals surface area (Å²) in [5, 5.41) is 9.36. The standard InChI is InChI=1S/C12H24O3/c1-4-10(8-13)7-12(6-3)15-9-11(14)5-2/h8,10-12,14H,4-7,9H2,1-3H3/t10-,11?,12-/m1/s1. The van der Waals surface area contributed by atoms with Gasteiger partial charge in [-0.25, -0.2) is 0 Å². The second-order valence-electron chi connectivity index (χ2n) is 3.97. The van der Waals surface area contributed by atoms with Gasteiger partial charge in [-0.15, -0.1) is 0 Å². The normalized spacial score (nSPS) is 17.1. The summed E-state index contributed by atoms with van der Waals surface area (Å²) in [6, 6.07) is 0. The molecule has 0 aliphatic heterocycles. The Balaban J connectivity index is 3.85. The monoisotopic (exact) mass is 216 g/mol. The second kappa shape index (κ2) is 8.86. The fourth-order valence-electron chi connectivity index (χ4n) is 1.37. The van der Waals surface area contributed by atoms with Crippen LogP contribution in [-0.2, 0) is 9.53 Å². The van der Waals surface area contributed by atoms with Crippen molar-refractivity contribution in [1.29, 1.82) is 0 Å². The van der Waals surface area contributed by atoms with Gasteiger partial charge in [-0.1, -0.05) is 20.8 Å². The van der Waals surface area contributed by atoms with Crippen molar-refractivity contribution in [2.45, 2.75) is 58.7 Å². The van der Waals surface area contributed by atoms with E-state index in [2.05, 4.69) is 0 Å². The third-order valence-corrected chi connectivity index (χ3v) is 2.73. The molecule has 0 fully saturated rings. The van der Waals surface area contributed by atoms with E-state index in [1.54, 1.807) is 0 Å². The van der Waals surface area contributed by atoms with Crippen LogP contribution in [0.25, 0.3) is 0 Å². The van der Waals surface area contributed by atoms with Crippen molar-refractivity contribution in [2.24, 2.45) is 5.92 Å². The Morgan fingerprint density at radius 2 is 1.87 bits per heavy atom. The van der Waals surface area contributed by atoms with Crippen LogP contribution in [0.4, 0.5) is 0 Å². The second-order valence-corrected chi connectivity index (χ2v) is 3.97. The lowest BCUT2D eigenvalue weighted by atomic mass is 9.99. The number of rotatable bonds is 9. The summed E-state index contributed by atoms with van der Waals surface area (Å²) in [5.41, 5.74) is 0. The molecule has 0 radical (unpaired) electrons. The summed E-state index contributed by atoms with van der Waals surface area (Å²) < 4.78 is 5.57. The van der Waals surface area contributed by atoms with Crippen molar-refractivity contribution < 1.29 is 14.6 Å². The van der Waals surface area contributed by atoms with Crippen molar-refractivity contribution >= 4 is 6.29 Å². The maximum atomic E-state index is 10.7. The lowest BCUT2D eigenvalue weighted by Gasteiger charge is -2.20. The van der Waals surface area contributed by atoms with Gasteiger partial charge < -0.3 is 14.6 Å². The molecule has 0 spiro atoms. The van der Waals surface area contributed by atoms with E-state index in [-0.39, 0.29) is 18.1 Å². The minimum Gasteiger partial charge on any atom is -0.391 e. The SMILES string of the molecule is CCC(O)CO[C@H](CC)C[C@H](C=O)CC. The Hall–Kier alpha value is -0.410. The Kier molecular flexibility index (Phi) is 8.62. The van der Waals surface area contributed by atoms with Crippen molar-refractivity contribution in [1.82, 2.24) is 0 Å². The molecular formula is C12H24O3. The molecule has 0 rings (SSSR count). The molecule has 3 atom stereocenters. The minimum atomic E-state index is -0.379. The highest BCUT2D eigenvalue weighted by atomic mass is 16.5. The first kappa shape index (κ1) is 14.6. The topological polar surface area (TPSA) is 46.5 Å². The summed E-state index contributed by atoms with van der Waals surface area (Å²) in [5.74, 6) is 0.0914. The van der Waals surface area contributed by atoms with Crippen LogP contribution in [-0.4, -0.2) is 30.2 Å². The van der Waals surface area contributed by atoms with Gasteiger partial charge >= 0.3 is 0 Å². The quantitative estimate of drug-likeness (QED) is 0.601. The first-order valence-electron chi connectivity index (χ1n) is 5.92. The number of hydrogen-bond donors (Lipinski definition) is 1. The van der Waals surface area contributed by atoms with Crippen LogP contribution >= 0.6 is 0 Å². The first-order chi connectivity index (χ1) is 7.17. The zero-order valence-corrected chi connectivity index (χ0v) is 10.1. The van der Waals surface area contributed by atoms with Crippen LogP contribution in [0, 0.1) is 5.92 Å². The molecule has 0 heterocycles. The zero-order chi connectivity index (χ0) is 11.7. The summed E-state index contributed by atoms with van der Waals surface area (Å²) in [6.45, 7) is 6.35. The van der Waals surface area contributed by atoms with Crippen LogP contribution in [0.5, 0.6) is 0 Å². The van der Waals surface area contributed by atoms with E-state index < -0.39 is 0 Å². The van der Waals surface area contributed by atoms with Gasteiger partial charge in [0.15, 0.2) is 0 Å². The summed E-state index contributed by atoms with van der Waals surface area (Å²) in [7, 11) is 0. The van der Waals surface area contributed by atoms with Gasteiger partial charge in [0, 0.05) is 5.92 Å². The Bertz CT molecular complexity index is 159. The smallest absolute Gasteiger partial charge is 0.123 e. The highest BCUT2D eigenvalue weighted by Gasteiger charge is 2.14. The molecule has 0 aliphatic rings. The molecule has 3 nitrogen and oxygen atoms in total. The van der Waals surface area contributed by atoms with E-state index in [0.29, 0.717) is 13.0 Å². The number of ether oxygens (including phenoxy) is 1. The highest BCUT2D eigenvalue weighted by molar-refractivity contribution is 5.53. The van der Waals surface area contributed by atoms with Crippen molar-refractivity contribution in [3.8, 4) is 0 Å². The van der Waals surface area contributed by atoms with Crippen molar-refractivity contribution in [2.75, 3.05) is 6.61 Å². The predicted molar refractivity (Wildman–Crippen MR) is 60.8 cm³/mol. The fourth-order valence-corrected chi connectivity index (χ4v) is 1.37. The molecule has 0 aliphatic carbocycles. The predicted octanol–water partition coefficient (Wildman–Crippen LogP) is 2.17. The van der Waals surface area contributed by atoms with Gasteiger partial charge in [0.2, 0.25) is 0 Å². The maximum absolute atomic E-state index is 10.7. The van der Waals surface area contributed by atoms with E-state index in [9.17, 15) is 9.90 Å². The van der Waals surface area contributed by atoms with Gasteiger partial charge in [-0.2, -0.15) is 0 Å². The lowest BCUT2D eigenvalue weighted by Crippen LogP contribution is -2.23. The molecule has 0 amide bonds. The largest absolute Gasteiger partial charge is 0.391 e. The van der Waals surface area contributed by atoms with Crippen LogP contribution in [0.1, 0.15) is 46.5 Å². The van der Waals surface area contributed by atoms with E-state index in [1.165, 1.54) is 0 Å². The third-order valence-electron chi connectivity index (χ3n) is 2.73. The molecule has 0 aromatic heterocycles. The number of hydrogen-bond acceptors (Lipinski definition) is 3. The summed E-state index contributed by atoms with van der Waals surface area (Å²) >= 11 is 0. The molecule has 0 saturated carbocycles. The molecule has 0 saturated heterocycles. The first-order valence-corrected chi connectivity index (χ1v) is 5.92. The Morgan fingerprint density at radius 3 is 2.27 bits per heavy atom. The van der Waals surface area contributed by atoms with Crippen LogP contribution < -0.4 is 0 Å². The lowest BCUT2D eigenvalue weighted by molar-refractivity contribution is -0.112. The molecule has 3 heteroatoms. The Morgan fingerprint density at radius 1 is 1.20 bits per heavy atom. The van der Waals surface area contributed by atoms with E-state index in [0.717, 1.165) is 25.5 Å². The van der Waals surface area contributed by atoms with Crippen molar-refractivity contribution in [3.63, 3.8) is 0 Å². The summed E-state index contributed by atoms with van der Waals surface area (Å²) in [6.07, 6.45) is 3.95. The van der Waals surface area contributed by atoms with E-state index in [1.807, 2.05) is 20.8 Å². The maximum Gasteiger partial charge on any atom is 0.123 e. The van der Waals surface area contributed by atoms with Crippen LogP contribution in [0.15, 0.2) is 0 Å². The van der Waals surface area contributed by atoms with Crippen molar-refractivity contribution in [3.05, 3.63) is 0 Å². The van der Waals surface area contributed by atoms with E-state index in [4.69, 9.17) is 4.74 Å². The molecule has 0 aromatic rings. The number of aldehydes is 1. The fraction of sp³-hybridized carbons (Fsp3) is 0.917. The summed E-state index contributed by atoms with van der Waals surface area (Å²) in [4.78, 5) is 10.7. The number of carbonyl (C=O) groups excluding carboxylic acids is 1. The van der Waals surface area contributed by atoms with Gasteiger partial charge in [-0.05, 0) is 25.7 Å². The number of carbonyl (C=O) groups is 1. The van der Waals surface area contributed by atoms with E-state index >= 15 is 0 Å². The zero-order valence-electron chi connectivity index (χ0n) is 10.1.